The molecule has 0 atom stereocenters. The van der Waals surface area contributed by atoms with E-state index in [4.69, 9.17) is 9.51 Å². The number of benzene rings is 1. The molecule has 0 bridgehead atoms. The van der Waals surface area contributed by atoms with Gasteiger partial charge in [0.2, 0.25) is 18.2 Å². The van der Waals surface area contributed by atoms with E-state index in [1.165, 1.54) is 12.5 Å². The van der Waals surface area contributed by atoms with Crippen molar-refractivity contribution < 1.29 is 8.91 Å². The van der Waals surface area contributed by atoms with Gasteiger partial charge in [-0.25, -0.2) is 15.0 Å². The zero-order valence-corrected chi connectivity index (χ0v) is 16.2. The first kappa shape index (κ1) is 18.2. The molecule has 150 valence electrons. The number of pyridine rings is 1. The van der Waals surface area contributed by atoms with Gasteiger partial charge < -0.3 is 13.7 Å². The summed E-state index contributed by atoms with van der Waals surface area (Å²) in [7, 11) is 0. The molecule has 0 saturated carbocycles. The summed E-state index contributed by atoms with van der Waals surface area (Å²) in [6.45, 7) is 3.44. The highest BCUT2D eigenvalue weighted by Crippen LogP contribution is 2.25. The van der Waals surface area contributed by atoms with E-state index in [9.17, 15) is 4.39 Å². The van der Waals surface area contributed by atoms with Crippen LogP contribution < -0.4 is 0 Å². The molecule has 8 nitrogen and oxygen atoms in total. The number of imidazole rings is 2. The van der Waals surface area contributed by atoms with Gasteiger partial charge >= 0.3 is 0 Å². The van der Waals surface area contributed by atoms with Crippen LogP contribution in [0.4, 0.5) is 4.39 Å². The smallest absolute Gasteiger partial charge is 0.214 e. The van der Waals surface area contributed by atoms with Crippen LogP contribution in [0.2, 0.25) is 0 Å². The Bertz CT molecular complexity index is 1310. The van der Waals surface area contributed by atoms with Gasteiger partial charge in [-0.05, 0) is 36.8 Å². The Morgan fingerprint density at radius 2 is 2.03 bits per heavy atom. The van der Waals surface area contributed by atoms with E-state index in [1.807, 2.05) is 29.0 Å². The van der Waals surface area contributed by atoms with Gasteiger partial charge in [0.25, 0.3) is 0 Å². The lowest BCUT2D eigenvalue weighted by atomic mass is 10.2. The van der Waals surface area contributed by atoms with Crippen molar-refractivity contribution in [2.24, 2.45) is 0 Å². The number of rotatable bonds is 6. The molecule has 0 fully saturated rings. The second-order valence-electron chi connectivity index (χ2n) is 6.86. The lowest BCUT2D eigenvalue weighted by Gasteiger charge is -2.10. The summed E-state index contributed by atoms with van der Waals surface area (Å²) in [5, 5.41) is 3.90. The minimum Gasteiger partial charge on any atom is -0.342 e. The maximum atomic E-state index is 13.6. The number of hydrogen-bond donors (Lipinski definition) is 0. The molecular formula is C21H18FN7O. The van der Waals surface area contributed by atoms with E-state index < -0.39 is 5.95 Å². The van der Waals surface area contributed by atoms with E-state index in [-0.39, 0.29) is 0 Å². The molecule has 5 aromatic rings. The average molecular weight is 403 g/mol. The molecule has 0 saturated heterocycles. The van der Waals surface area contributed by atoms with Crippen LogP contribution in [-0.4, -0.2) is 34.2 Å². The third-order valence-corrected chi connectivity index (χ3v) is 4.87. The van der Waals surface area contributed by atoms with Gasteiger partial charge in [0, 0.05) is 24.5 Å². The predicted molar refractivity (Wildman–Crippen MR) is 108 cm³/mol. The number of halogens is 1. The van der Waals surface area contributed by atoms with E-state index >= 15 is 0 Å². The van der Waals surface area contributed by atoms with Crippen molar-refractivity contribution in [3.8, 4) is 22.9 Å². The van der Waals surface area contributed by atoms with E-state index in [1.54, 1.807) is 18.3 Å². The molecule has 0 aliphatic heterocycles. The van der Waals surface area contributed by atoms with E-state index in [2.05, 4.69) is 31.6 Å². The Balaban J connectivity index is 1.56. The van der Waals surface area contributed by atoms with E-state index in [0.717, 1.165) is 35.4 Å². The molecule has 5 rings (SSSR count). The Hall–Kier alpha value is -3.88. The zero-order chi connectivity index (χ0) is 20.5. The van der Waals surface area contributed by atoms with Crippen molar-refractivity contribution in [1.29, 1.82) is 0 Å². The van der Waals surface area contributed by atoms with Crippen molar-refractivity contribution in [3.63, 3.8) is 0 Å². The molecule has 30 heavy (non-hydrogen) atoms. The number of aryl methyl sites for hydroxylation is 1. The fourth-order valence-corrected chi connectivity index (χ4v) is 3.57. The highest BCUT2D eigenvalue weighted by atomic mass is 19.1. The quantitative estimate of drug-likeness (QED) is 0.399. The zero-order valence-electron chi connectivity index (χ0n) is 16.2. The highest BCUT2D eigenvalue weighted by Gasteiger charge is 2.15. The van der Waals surface area contributed by atoms with Gasteiger partial charge in [0.05, 0.1) is 17.6 Å². The number of fused-ring (bicyclic) bond motifs is 1. The van der Waals surface area contributed by atoms with Crippen LogP contribution in [0.15, 0.2) is 59.7 Å². The summed E-state index contributed by atoms with van der Waals surface area (Å²) in [5.74, 6) is 1.47. The summed E-state index contributed by atoms with van der Waals surface area (Å²) in [6.07, 6.45) is 5.81. The Kier molecular flexibility index (Phi) is 4.55. The minimum absolute atomic E-state index is 0.484. The first-order chi connectivity index (χ1) is 14.7. The van der Waals surface area contributed by atoms with Crippen LogP contribution in [0.1, 0.15) is 19.2 Å². The van der Waals surface area contributed by atoms with E-state index in [0.29, 0.717) is 23.9 Å². The molecule has 0 aliphatic rings. The Morgan fingerprint density at radius 1 is 1.10 bits per heavy atom. The van der Waals surface area contributed by atoms with Crippen molar-refractivity contribution in [1.82, 2.24) is 34.2 Å². The lowest BCUT2D eigenvalue weighted by molar-refractivity contribution is 0.419. The van der Waals surface area contributed by atoms with Crippen LogP contribution in [0.25, 0.3) is 33.9 Å². The van der Waals surface area contributed by atoms with Crippen molar-refractivity contribution >= 4 is 11.0 Å². The molecule has 4 aromatic heterocycles. The Labute approximate surface area is 171 Å². The standard InChI is InChI=1S/C21H18FN7O/c1-2-9-29-17-7-6-14(20-24-13-30-27-20)11-16(17)26-19(29)12-28-10-8-23-21(28)15-4-3-5-18(22)25-15/h3-8,10-11,13H,2,9,12H2,1H3. The second kappa shape index (κ2) is 7.51. The minimum atomic E-state index is -0.533. The Morgan fingerprint density at radius 3 is 2.83 bits per heavy atom. The third kappa shape index (κ3) is 3.24. The van der Waals surface area contributed by atoms with Crippen LogP contribution in [0.5, 0.6) is 0 Å². The van der Waals surface area contributed by atoms with Crippen molar-refractivity contribution in [2.75, 3.05) is 0 Å². The monoisotopic (exact) mass is 403 g/mol. The number of aromatic nitrogens is 7. The summed E-state index contributed by atoms with van der Waals surface area (Å²) < 4.78 is 22.6. The van der Waals surface area contributed by atoms with Gasteiger partial charge in [0.1, 0.15) is 11.5 Å². The fraction of sp³-hybridized carbons (Fsp3) is 0.190. The molecule has 1 aromatic carbocycles. The lowest BCUT2D eigenvalue weighted by Crippen LogP contribution is -2.10. The van der Waals surface area contributed by atoms with Crippen molar-refractivity contribution in [3.05, 3.63) is 67.0 Å². The fourth-order valence-electron chi connectivity index (χ4n) is 3.57. The van der Waals surface area contributed by atoms with Gasteiger partial charge in [-0.15, -0.1) is 0 Å². The van der Waals surface area contributed by atoms with Crippen LogP contribution in [0, 0.1) is 5.95 Å². The SMILES string of the molecule is CCCn1c(Cn2ccnc2-c2cccc(F)n2)nc2cc(-c3ncon3)ccc21. The number of nitrogens with zero attached hydrogens (tertiary/aromatic N) is 7. The summed E-state index contributed by atoms with van der Waals surface area (Å²) in [6, 6.07) is 10.6. The molecule has 4 heterocycles. The van der Waals surface area contributed by atoms with Gasteiger partial charge in [-0.2, -0.15) is 9.37 Å². The predicted octanol–water partition coefficient (Wildman–Crippen LogP) is 3.94. The molecule has 0 unspecified atom stereocenters. The third-order valence-electron chi connectivity index (χ3n) is 4.87. The molecule has 0 spiro atoms. The first-order valence-corrected chi connectivity index (χ1v) is 9.63. The summed E-state index contributed by atoms with van der Waals surface area (Å²) in [4.78, 5) is 17.3. The van der Waals surface area contributed by atoms with Crippen LogP contribution in [0.3, 0.4) is 0 Å². The largest absolute Gasteiger partial charge is 0.342 e. The molecular weight excluding hydrogens is 385 g/mol. The van der Waals surface area contributed by atoms with Crippen molar-refractivity contribution in [2.45, 2.75) is 26.4 Å². The van der Waals surface area contributed by atoms with Gasteiger partial charge in [0.15, 0.2) is 5.82 Å². The molecule has 0 radical (unpaired) electrons. The number of hydrogen-bond acceptors (Lipinski definition) is 6. The molecule has 0 amide bonds. The maximum Gasteiger partial charge on any atom is 0.214 e. The first-order valence-electron chi connectivity index (χ1n) is 9.63. The van der Waals surface area contributed by atoms with Gasteiger partial charge in [-0.3, -0.25) is 0 Å². The molecule has 9 heteroatoms. The topological polar surface area (TPSA) is 87.5 Å². The second-order valence-corrected chi connectivity index (χ2v) is 6.86. The average Bonchev–Trinajstić information content (AvgIpc) is 3.49. The highest BCUT2D eigenvalue weighted by molar-refractivity contribution is 5.81. The normalized spacial score (nSPS) is 11.4. The molecule has 0 N–H and O–H groups in total. The van der Waals surface area contributed by atoms with Crippen LogP contribution in [-0.2, 0) is 13.1 Å². The van der Waals surface area contributed by atoms with Gasteiger partial charge in [-0.1, -0.05) is 18.1 Å². The summed E-state index contributed by atoms with van der Waals surface area (Å²) >= 11 is 0. The maximum absolute atomic E-state index is 13.6. The van der Waals surface area contributed by atoms with Crippen LogP contribution >= 0.6 is 0 Å². The summed E-state index contributed by atoms with van der Waals surface area (Å²) in [5.41, 5.74) is 3.21. The molecule has 0 aliphatic carbocycles.